The molecule has 1 unspecified atom stereocenters. The monoisotopic (exact) mass is 295 g/mol. The summed E-state index contributed by atoms with van der Waals surface area (Å²) in [5.74, 6) is -0.673. The van der Waals surface area contributed by atoms with Crippen molar-refractivity contribution in [2.45, 2.75) is 25.9 Å². The van der Waals surface area contributed by atoms with Crippen molar-refractivity contribution in [3.8, 4) is 0 Å². The topological polar surface area (TPSA) is 12.0 Å². The average molecular weight is 296 g/mol. The van der Waals surface area contributed by atoms with E-state index in [0.29, 0.717) is 0 Å². The molecule has 0 fully saturated rings. The van der Waals surface area contributed by atoms with Crippen LogP contribution in [0.3, 0.4) is 0 Å². The lowest BCUT2D eigenvalue weighted by Gasteiger charge is -2.21. The van der Waals surface area contributed by atoms with E-state index in [-0.39, 0.29) is 22.9 Å². The molecular formula is C16H16ClF2N. The summed E-state index contributed by atoms with van der Waals surface area (Å²) >= 11 is 5.78. The van der Waals surface area contributed by atoms with Crippen LogP contribution < -0.4 is 5.32 Å². The Kier molecular flexibility index (Phi) is 4.73. The minimum Gasteiger partial charge on any atom is -0.304 e. The van der Waals surface area contributed by atoms with E-state index >= 15 is 0 Å². The molecule has 1 nitrogen and oxygen atoms in total. The van der Waals surface area contributed by atoms with Crippen LogP contribution in [0.1, 0.15) is 37.1 Å². The lowest BCUT2D eigenvalue weighted by molar-refractivity contribution is 0.493. The third kappa shape index (κ3) is 3.56. The molecule has 0 aliphatic heterocycles. The van der Waals surface area contributed by atoms with E-state index < -0.39 is 5.82 Å². The van der Waals surface area contributed by atoms with Gasteiger partial charge in [0.2, 0.25) is 0 Å². The molecule has 2 atom stereocenters. The van der Waals surface area contributed by atoms with Crippen molar-refractivity contribution in [1.82, 2.24) is 5.32 Å². The summed E-state index contributed by atoms with van der Waals surface area (Å²) in [5, 5.41) is 3.49. The normalized spacial score (nSPS) is 14.1. The Hall–Kier alpha value is -1.45. The molecule has 0 aliphatic rings. The van der Waals surface area contributed by atoms with Crippen LogP contribution in [0.4, 0.5) is 8.78 Å². The van der Waals surface area contributed by atoms with Gasteiger partial charge in [0.25, 0.3) is 0 Å². The maximum absolute atomic E-state index is 13.1. The van der Waals surface area contributed by atoms with E-state index in [1.807, 2.05) is 13.8 Å². The summed E-state index contributed by atoms with van der Waals surface area (Å²) in [6.45, 7) is 3.97. The molecule has 0 aliphatic carbocycles. The minimum absolute atomic E-state index is 0.00755. The Balaban J connectivity index is 2.08. The standard InChI is InChI=1S/C16H16ClF2N/c1-10(12-3-6-14(18)7-4-12)20-11(2)13-5-8-16(19)15(17)9-13/h3-11,20H,1-2H3/t10-,11?/m0/s1. The molecular weight excluding hydrogens is 280 g/mol. The Morgan fingerprint density at radius 1 is 0.900 bits per heavy atom. The van der Waals surface area contributed by atoms with Crippen molar-refractivity contribution in [3.05, 3.63) is 70.2 Å². The lowest BCUT2D eigenvalue weighted by atomic mass is 10.0. The summed E-state index contributed by atoms with van der Waals surface area (Å²) in [4.78, 5) is 0. The van der Waals surface area contributed by atoms with Crippen molar-refractivity contribution in [2.24, 2.45) is 0 Å². The molecule has 2 aromatic carbocycles. The fourth-order valence-electron chi connectivity index (χ4n) is 2.10. The SMILES string of the molecule is CC(N[C@@H](C)c1ccc(F)cc1)c1ccc(F)c(Cl)c1. The number of halogens is 3. The van der Waals surface area contributed by atoms with E-state index in [9.17, 15) is 8.78 Å². The summed E-state index contributed by atoms with van der Waals surface area (Å²) in [5.41, 5.74) is 1.90. The predicted octanol–water partition coefficient (Wildman–Crippen LogP) is 5.03. The minimum atomic E-state index is -0.422. The first-order valence-corrected chi connectivity index (χ1v) is 6.81. The van der Waals surface area contributed by atoms with Crippen LogP contribution in [0.5, 0.6) is 0 Å². The third-order valence-corrected chi connectivity index (χ3v) is 3.60. The average Bonchev–Trinajstić information content (AvgIpc) is 2.42. The van der Waals surface area contributed by atoms with E-state index in [1.54, 1.807) is 24.3 Å². The number of hydrogen-bond donors (Lipinski definition) is 1. The predicted molar refractivity (Wildman–Crippen MR) is 77.8 cm³/mol. The summed E-state index contributed by atoms with van der Waals surface area (Å²) in [6.07, 6.45) is 0. The summed E-state index contributed by atoms with van der Waals surface area (Å²) in [6, 6.07) is 11.1. The quantitative estimate of drug-likeness (QED) is 0.834. The molecule has 2 rings (SSSR count). The van der Waals surface area contributed by atoms with Crippen molar-refractivity contribution >= 4 is 11.6 Å². The second-order valence-electron chi connectivity index (χ2n) is 4.84. The van der Waals surface area contributed by atoms with Crippen molar-refractivity contribution < 1.29 is 8.78 Å². The van der Waals surface area contributed by atoms with E-state index in [0.717, 1.165) is 11.1 Å². The van der Waals surface area contributed by atoms with Gasteiger partial charge in [0, 0.05) is 12.1 Å². The zero-order chi connectivity index (χ0) is 14.7. The Morgan fingerprint density at radius 2 is 1.45 bits per heavy atom. The Labute approximate surface area is 122 Å². The van der Waals surface area contributed by atoms with E-state index in [1.165, 1.54) is 18.2 Å². The van der Waals surface area contributed by atoms with Gasteiger partial charge in [0.1, 0.15) is 11.6 Å². The van der Waals surface area contributed by atoms with Gasteiger partial charge in [-0.3, -0.25) is 0 Å². The van der Waals surface area contributed by atoms with Crippen LogP contribution in [0.25, 0.3) is 0 Å². The number of nitrogens with one attached hydrogen (secondary N) is 1. The Morgan fingerprint density at radius 3 is 2.05 bits per heavy atom. The van der Waals surface area contributed by atoms with E-state index in [4.69, 9.17) is 11.6 Å². The van der Waals surface area contributed by atoms with Crippen LogP contribution in [0.2, 0.25) is 5.02 Å². The van der Waals surface area contributed by atoms with Gasteiger partial charge in [-0.25, -0.2) is 8.78 Å². The molecule has 0 radical (unpaired) electrons. The van der Waals surface area contributed by atoms with Gasteiger partial charge < -0.3 is 5.32 Å². The molecule has 0 amide bonds. The molecule has 0 saturated carbocycles. The smallest absolute Gasteiger partial charge is 0.141 e. The maximum Gasteiger partial charge on any atom is 0.141 e. The fourth-order valence-corrected chi connectivity index (χ4v) is 2.29. The highest BCUT2D eigenvalue weighted by Crippen LogP contribution is 2.23. The van der Waals surface area contributed by atoms with Crippen LogP contribution in [0, 0.1) is 11.6 Å². The molecule has 0 aromatic heterocycles. The molecule has 4 heteroatoms. The summed E-state index contributed by atoms with van der Waals surface area (Å²) < 4.78 is 26.0. The van der Waals surface area contributed by atoms with Crippen molar-refractivity contribution in [2.75, 3.05) is 0 Å². The molecule has 0 bridgehead atoms. The van der Waals surface area contributed by atoms with Crippen LogP contribution in [-0.2, 0) is 0 Å². The largest absolute Gasteiger partial charge is 0.304 e. The number of benzene rings is 2. The summed E-state index contributed by atoms with van der Waals surface area (Å²) in [7, 11) is 0. The lowest BCUT2D eigenvalue weighted by Crippen LogP contribution is -2.22. The first-order valence-electron chi connectivity index (χ1n) is 6.44. The van der Waals surface area contributed by atoms with Gasteiger partial charge in [0.15, 0.2) is 0 Å². The number of rotatable bonds is 4. The highest BCUT2D eigenvalue weighted by Gasteiger charge is 2.12. The third-order valence-electron chi connectivity index (χ3n) is 3.31. The molecule has 106 valence electrons. The zero-order valence-corrected chi connectivity index (χ0v) is 12.1. The van der Waals surface area contributed by atoms with Crippen LogP contribution in [-0.4, -0.2) is 0 Å². The van der Waals surface area contributed by atoms with Gasteiger partial charge in [-0.1, -0.05) is 29.8 Å². The molecule has 0 heterocycles. The number of hydrogen-bond acceptors (Lipinski definition) is 1. The van der Waals surface area contributed by atoms with Gasteiger partial charge in [-0.15, -0.1) is 0 Å². The first-order chi connectivity index (χ1) is 9.47. The maximum atomic E-state index is 13.1. The fraction of sp³-hybridized carbons (Fsp3) is 0.250. The molecule has 20 heavy (non-hydrogen) atoms. The highest BCUT2D eigenvalue weighted by atomic mass is 35.5. The first kappa shape index (κ1) is 14.9. The van der Waals surface area contributed by atoms with Gasteiger partial charge in [0.05, 0.1) is 5.02 Å². The van der Waals surface area contributed by atoms with Gasteiger partial charge in [-0.05, 0) is 49.2 Å². The second kappa shape index (κ2) is 6.33. The van der Waals surface area contributed by atoms with Gasteiger partial charge >= 0.3 is 0 Å². The van der Waals surface area contributed by atoms with Crippen LogP contribution >= 0.6 is 11.6 Å². The van der Waals surface area contributed by atoms with Gasteiger partial charge in [-0.2, -0.15) is 0 Å². The van der Waals surface area contributed by atoms with Crippen LogP contribution in [0.15, 0.2) is 42.5 Å². The van der Waals surface area contributed by atoms with Crippen molar-refractivity contribution in [1.29, 1.82) is 0 Å². The molecule has 0 spiro atoms. The zero-order valence-electron chi connectivity index (χ0n) is 11.3. The highest BCUT2D eigenvalue weighted by molar-refractivity contribution is 6.30. The molecule has 0 saturated heterocycles. The Bertz CT molecular complexity index is 584. The van der Waals surface area contributed by atoms with Crippen molar-refractivity contribution in [3.63, 3.8) is 0 Å². The molecule has 1 N–H and O–H groups in total. The molecule has 2 aromatic rings. The second-order valence-corrected chi connectivity index (χ2v) is 5.24. The van der Waals surface area contributed by atoms with E-state index in [2.05, 4.69) is 5.32 Å².